The third kappa shape index (κ3) is 9.21. The van der Waals surface area contributed by atoms with Crippen molar-refractivity contribution in [2.45, 2.75) is 30.8 Å². The first-order valence-electron chi connectivity index (χ1n) is 11.1. The average Bonchev–Trinajstić information content (AvgIpc) is 2.86. The van der Waals surface area contributed by atoms with Crippen LogP contribution in [0.25, 0.3) is 6.08 Å². The van der Waals surface area contributed by atoms with Crippen LogP contribution in [0.1, 0.15) is 35.4 Å². The van der Waals surface area contributed by atoms with Crippen molar-refractivity contribution in [2.75, 3.05) is 13.7 Å². The zero-order valence-corrected chi connectivity index (χ0v) is 20.7. The van der Waals surface area contributed by atoms with Gasteiger partial charge in [0.2, 0.25) is 0 Å². The minimum absolute atomic E-state index is 0.353. The van der Waals surface area contributed by atoms with Crippen LogP contribution in [0.4, 0.5) is 0 Å². The topological polar surface area (TPSA) is 57.7 Å². The Bertz CT molecular complexity index is 1070. The normalized spacial score (nSPS) is 11.0. The van der Waals surface area contributed by atoms with Crippen molar-refractivity contribution in [1.29, 1.82) is 0 Å². The van der Waals surface area contributed by atoms with E-state index in [4.69, 9.17) is 26.1 Å². The van der Waals surface area contributed by atoms with Crippen molar-refractivity contribution < 1.29 is 19.3 Å². The van der Waals surface area contributed by atoms with Crippen LogP contribution >= 0.6 is 23.4 Å². The van der Waals surface area contributed by atoms with E-state index in [9.17, 15) is 4.79 Å². The predicted octanol–water partition coefficient (Wildman–Crippen LogP) is 6.69. The zero-order chi connectivity index (χ0) is 24.0. The molecule has 0 saturated carbocycles. The Labute approximate surface area is 210 Å². The van der Waals surface area contributed by atoms with Crippen LogP contribution in [0.3, 0.4) is 0 Å². The van der Waals surface area contributed by atoms with Gasteiger partial charge in [-0.2, -0.15) is 16.6 Å². The van der Waals surface area contributed by atoms with E-state index in [1.165, 1.54) is 11.6 Å². The van der Waals surface area contributed by atoms with Gasteiger partial charge in [-0.15, -0.1) is 0 Å². The molecule has 0 radical (unpaired) electrons. The highest BCUT2D eigenvalue weighted by atomic mass is 35.5. The van der Waals surface area contributed by atoms with Crippen LogP contribution in [0.2, 0.25) is 5.02 Å². The SMILES string of the molecule is COc1ccc(CCCCOOC(=O)C=Cc2cccc(CSCc3ccccc3Cl)n2)cc1. The maximum Gasteiger partial charge on any atom is 0.366 e. The van der Waals surface area contributed by atoms with Gasteiger partial charge in [0.05, 0.1) is 25.1 Å². The highest BCUT2D eigenvalue weighted by Crippen LogP contribution is 2.23. The second-order valence-corrected chi connectivity index (χ2v) is 8.89. The maximum atomic E-state index is 11.9. The lowest BCUT2D eigenvalue weighted by Gasteiger charge is -2.05. The third-order valence-electron chi connectivity index (χ3n) is 4.93. The van der Waals surface area contributed by atoms with E-state index < -0.39 is 5.97 Å². The fraction of sp³-hybridized carbons (Fsp3) is 0.259. The summed E-state index contributed by atoms with van der Waals surface area (Å²) in [4.78, 5) is 26.3. The quantitative estimate of drug-likeness (QED) is 0.113. The highest BCUT2D eigenvalue weighted by Gasteiger charge is 2.03. The van der Waals surface area contributed by atoms with Gasteiger partial charge in [-0.25, -0.2) is 4.79 Å². The van der Waals surface area contributed by atoms with Gasteiger partial charge in [0, 0.05) is 22.6 Å². The number of unbranched alkanes of at least 4 members (excludes halogenated alkanes) is 1. The first-order valence-corrected chi connectivity index (χ1v) is 12.6. The number of hydrogen-bond acceptors (Lipinski definition) is 6. The predicted molar refractivity (Wildman–Crippen MR) is 138 cm³/mol. The van der Waals surface area contributed by atoms with Crippen LogP contribution in [0, 0.1) is 0 Å². The zero-order valence-electron chi connectivity index (χ0n) is 19.1. The standard InChI is InChI=1S/C27H28ClNO4S/c1-31-25-15-12-21(13-16-25)7-4-5-18-32-33-27(30)17-14-23-9-6-10-24(29-23)20-34-19-22-8-2-3-11-26(22)28/h2-3,6,8-17H,4-5,7,18-20H2,1H3. The Morgan fingerprint density at radius 2 is 1.82 bits per heavy atom. The van der Waals surface area contributed by atoms with E-state index in [2.05, 4.69) is 4.98 Å². The lowest BCUT2D eigenvalue weighted by molar-refractivity contribution is -0.267. The molecule has 34 heavy (non-hydrogen) atoms. The molecule has 0 saturated heterocycles. The van der Waals surface area contributed by atoms with E-state index in [-0.39, 0.29) is 0 Å². The monoisotopic (exact) mass is 497 g/mol. The molecular weight excluding hydrogens is 470 g/mol. The lowest BCUT2D eigenvalue weighted by Crippen LogP contribution is -2.03. The van der Waals surface area contributed by atoms with Gasteiger partial charge in [-0.1, -0.05) is 48.0 Å². The number of carbonyl (C=O) groups excluding carboxylic acids is 1. The number of nitrogens with zero attached hydrogens (tertiary/aromatic N) is 1. The summed E-state index contributed by atoms with van der Waals surface area (Å²) in [5, 5.41) is 0.776. The van der Waals surface area contributed by atoms with E-state index in [1.54, 1.807) is 24.9 Å². The van der Waals surface area contributed by atoms with E-state index >= 15 is 0 Å². The number of hydrogen-bond donors (Lipinski definition) is 0. The number of benzene rings is 2. The molecule has 1 heterocycles. The smallest absolute Gasteiger partial charge is 0.366 e. The van der Waals surface area contributed by atoms with Crippen LogP contribution in [0.5, 0.6) is 5.75 Å². The summed E-state index contributed by atoms with van der Waals surface area (Å²) in [6.45, 7) is 0.353. The molecule has 1 aromatic heterocycles. The third-order valence-corrected chi connectivity index (χ3v) is 6.31. The van der Waals surface area contributed by atoms with Gasteiger partial charge >= 0.3 is 5.97 Å². The largest absolute Gasteiger partial charge is 0.497 e. The molecule has 0 unspecified atom stereocenters. The first-order chi connectivity index (χ1) is 16.6. The number of halogens is 1. The van der Waals surface area contributed by atoms with Crippen LogP contribution < -0.4 is 4.74 Å². The van der Waals surface area contributed by atoms with E-state index in [0.717, 1.165) is 52.8 Å². The number of thioether (sulfide) groups is 1. The number of ether oxygens (including phenoxy) is 1. The average molecular weight is 498 g/mol. The molecule has 0 bridgehead atoms. The van der Waals surface area contributed by atoms with Crippen molar-refractivity contribution in [3.63, 3.8) is 0 Å². The summed E-state index contributed by atoms with van der Waals surface area (Å²) in [5.74, 6) is 1.85. The molecule has 0 aliphatic rings. The Balaban J connectivity index is 1.32. The molecular formula is C27H28ClNO4S. The molecule has 0 aliphatic carbocycles. The second kappa shape index (κ2) is 14.5. The Hall–Kier alpha value is -2.80. The molecule has 0 atom stereocenters. The fourth-order valence-corrected chi connectivity index (χ4v) is 4.34. The van der Waals surface area contributed by atoms with Gasteiger partial charge in [0.15, 0.2) is 0 Å². The summed E-state index contributed by atoms with van der Waals surface area (Å²) in [5.41, 5.74) is 3.96. The summed E-state index contributed by atoms with van der Waals surface area (Å²) in [7, 11) is 1.65. The minimum atomic E-state index is -0.560. The Kier molecular flexibility index (Phi) is 11.0. The van der Waals surface area contributed by atoms with Crippen molar-refractivity contribution in [3.8, 4) is 5.75 Å². The van der Waals surface area contributed by atoms with Crippen molar-refractivity contribution in [2.24, 2.45) is 0 Å². The molecule has 0 amide bonds. The van der Waals surface area contributed by atoms with Crippen molar-refractivity contribution in [3.05, 3.63) is 100 Å². The number of rotatable bonds is 13. The summed E-state index contributed by atoms with van der Waals surface area (Å²) < 4.78 is 5.15. The summed E-state index contributed by atoms with van der Waals surface area (Å²) in [6, 6.07) is 21.5. The fourth-order valence-electron chi connectivity index (χ4n) is 3.12. The maximum absolute atomic E-state index is 11.9. The highest BCUT2D eigenvalue weighted by molar-refractivity contribution is 7.97. The van der Waals surface area contributed by atoms with E-state index in [1.807, 2.05) is 66.7 Å². The molecule has 0 fully saturated rings. The lowest BCUT2D eigenvalue weighted by atomic mass is 10.1. The van der Waals surface area contributed by atoms with Crippen LogP contribution in [-0.2, 0) is 32.5 Å². The number of pyridine rings is 1. The van der Waals surface area contributed by atoms with Gasteiger partial charge in [0.1, 0.15) is 5.75 Å². The van der Waals surface area contributed by atoms with E-state index in [0.29, 0.717) is 12.3 Å². The Morgan fingerprint density at radius 1 is 1.00 bits per heavy atom. The van der Waals surface area contributed by atoms with Crippen molar-refractivity contribution in [1.82, 2.24) is 4.98 Å². The number of methoxy groups -OCH3 is 1. The molecule has 7 heteroatoms. The molecule has 178 valence electrons. The van der Waals surface area contributed by atoms with Gasteiger partial charge in [-0.3, -0.25) is 9.87 Å². The summed E-state index contributed by atoms with van der Waals surface area (Å²) >= 11 is 7.94. The molecule has 2 aromatic carbocycles. The Morgan fingerprint density at radius 3 is 2.62 bits per heavy atom. The molecule has 0 N–H and O–H groups in total. The minimum Gasteiger partial charge on any atom is -0.497 e. The van der Waals surface area contributed by atoms with Gasteiger partial charge in [0.25, 0.3) is 0 Å². The van der Waals surface area contributed by atoms with Gasteiger partial charge in [-0.05, 0) is 66.8 Å². The first kappa shape index (κ1) is 25.8. The second-order valence-electron chi connectivity index (χ2n) is 7.50. The molecule has 3 rings (SSSR count). The van der Waals surface area contributed by atoms with Gasteiger partial charge < -0.3 is 4.74 Å². The number of carbonyl (C=O) groups is 1. The number of aryl methyl sites for hydroxylation is 1. The number of aromatic nitrogens is 1. The molecule has 0 spiro atoms. The van der Waals surface area contributed by atoms with Crippen LogP contribution in [0.15, 0.2) is 72.8 Å². The molecule has 3 aromatic rings. The molecule has 0 aliphatic heterocycles. The van der Waals surface area contributed by atoms with Crippen molar-refractivity contribution >= 4 is 35.4 Å². The van der Waals surface area contributed by atoms with Crippen LogP contribution in [-0.4, -0.2) is 24.7 Å². The summed E-state index contributed by atoms with van der Waals surface area (Å²) in [6.07, 6.45) is 5.60. The molecule has 5 nitrogen and oxygen atoms in total.